The van der Waals surface area contributed by atoms with Gasteiger partial charge in [0.1, 0.15) is 11.2 Å². The maximum Gasteiger partial charge on any atom is 0.290 e. The van der Waals surface area contributed by atoms with Gasteiger partial charge in [0.25, 0.3) is 13.4 Å². The number of furan rings is 2. The van der Waals surface area contributed by atoms with E-state index in [0.717, 1.165) is 55.8 Å². The Morgan fingerprint density at radius 3 is 1.46 bits per heavy atom. The van der Waals surface area contributed by atoms with Crippen LogP contribution in [-0.2, 0) is 0 Å². The third kappa shape index (κ3) is 4.47. The first-order valence-corrected chi connectivity index (χ1v) is 18.6. The normalized spacial score (nSPS) is 12.5. The minimum absolute atomic E-state index is 0.127. The van der Waals surface area contributed by atoms with E-state index in [1.807, 2.05) is 11.3 Å². The van der Waals surface area contributed by atoms with Crippen molar-refractivity contribution in [1.29, 1.82) is 0 Å². The third-order valence-electron chi connectivity index (χ3n) is 10.7. The summed E-state index contributed by atoms with van der Waals surface area (Å²) in [6.07, 6.45) is 0. The molecule has 1 aliphatic rings. The molecule has 242 valence electrons. The number of thiophene rings is 1. The predicted molar refractivity (Wildman–Crippen MR) is 222 cm³/mol. The molecule has 4 heterocycles. The molecule has 7 aromatic carbocycles. The van der Waals surface area contributed by atoms with Gasteiger partial charge in [0.05, 0.1) is 11.3 Å². The fourth-order valence-corrected chi connectivity index (χ4v) is 9.58. The highest BCUT2D eigenvalue weighted by molar-refractivity contribution is 7.26. The van der Waals surface area contributed by atoms with E-state index >= 15 is 0 Å². The molecule has 0 saturated carbocycles. The summed E-state index contributed by atoms with van der Waals surface area (Å²) < 4.78 is 16.6. The molecular formula is C46H29B2NO2S. The van der Waals surface area contributed by atoms with Crippen LogP contribution in [0.15, 0.2) is 185 Å². The van der Waals surface area contributed by atoms with Crippen molar-refractivity contribution >= 4 is 117 Å². The standard InChI is InChI=1S/C46H29B2NO2S/c1-3-13-32(14-4-1)49(33-15-5-2-6-16-33)34-26-23-30(24-27-34)47-43-37-18-7-10-20-39(37)51-46(43)48(44-38-19-8-11-21-40(38)50-45(44)47)31-25-28-36-35-17-9-12-22-41(35)52-42(36)29-31/h1-29H. The van der Waals surface area contributed by atoms with Gasteiger partial charge in [-0.05, 0) is 71.6 Å². The van der Waals surface area contributed by atoms with Crippen molar-refractivity contribution in [2.45, 2.75) is 0 Å². The molecular weight excluding hydrogens is 652 g/mol. The molecule has 0 spiro atoms. The van der Waals surface area contributed by atoms with E-state index in [1.165, 1.54) is 36.6 Å². The molecule has 0 unspecified atom stereocenters. The van der Waals surface area contributed by atoms with Crippen molar-refractivity contribution in [3.8, 4) is 0 Å². The number of rotatable bonds is 5. The van der Waals surface area contributed by atoms with Crippen LogP contribution in [0.5, 0.6) is 0 Å². The molecule has 3 aromatic heterocycles. The van der Waals surface area contributed by atoms with Crippen LogP contribution in [0, 0.1) is 0 Å². The first-order chi connectivity index (χ1) is 25.8. The molecule has 0 atom stereocenters. The molecule has 3 nitrogen and oxygen atoms in total. The second-order valence-corrected chi connectivity index (χ2v) is 14.7. The van der Waals surface area contributed by atoms with Crippen LogP contribution < -0.4 is 38.1 Å². The van der Waals surface area contributed by atoms with E-state index in [4.69, 9.17) is 8.83 Å². The van der Waals surface area contributed by atoms with Gasteiger partial charge in [0.15, 0.2) is 0 Å². The molecule has 0 radical (unpaired) electrons. The Balaban J connectivity index is 1.13. The number of anilines is 3. The van der Waals surface area contributed by atoms with Gasteiger partial charge in [-0.3, -0.25) is 0 Å². The maximum absolute atomic E-state index is 6.99. The Kier molecular flexibility index (Phi) is 6.61. The SMILES string of the molecule is c1ccc(N(c2ccccc2)c2ccc(B3c4oc5ccccc5c4B(c4ccc5c(c4)sc4ccccc45)c4oc5ccccc5c43)cc2)cc1. The molecule has 6 heteroatoms. The number of para-hydroxylation sites is 4. The van der Waals surface area contributed by atoms with Crippen LogP contribution >= 0.6 is 11.3 Å². The van der Waals surface area contributed by atoms with Gasteiger partial charge in [-0.2, -0.15) is 0 Å². The Labute approximate surface area is 305 Å². The first kappa shape index (κ1) is 29.5. The first-order valence-electron chi connectivity index (χ1n) is 17.7. The van der Waals surface area contributed by atoms with Crippen LogP contribution in [0.2, 0.25) is 0 Å². The Bertz CT molecular complexity index is 2880. The summed E-state index contributed by atoms with van der Waals surface area (Å²) in [5, 5.41) is 4.85. The lowest BCUT2D eigenvalue weighted by Gasteiger charge is -2.27. The molecule has 1 aliphatic heterocycles. The topological polar surface area (TPSA) is 29.5 Å². The Hall–Kier alpha value is -6.23. The number of hydrogen-bond donors (Lipinski definition) is 0. The highest BCUT2D eigenvalue weighted by atomic mass is 32.1. The summed E-state index contributed by atoms with van der Waals surface area (Å²) in [6.45, 7) is -0.279. The molecule has 11 rings (SSSR count). The third-order valence-corrected chi connectivity index (χ3v) is 11.8. The zero-order valence-corrected chi connectivity index (χ0v) is 28.9. The quantitative estimate of drug-likeness (QED) is 0.171. The lowest BCUT2D eigenvalue weighted by Crippen LogP contribution is -2.73. The van der Waals surface area contributed by atoms with Crippen LogP contribution in [0.25, 0.3) is 42.1 Å². The fraction of sp³-hybridized carbons (Fsp3) is 0. The van der Waals surface area contributed by atoms with Gasteiger partial charge in [-0.15, -0.1) is 11.3 Å². The molecule has 0 aliphatic carbocycles. The largest absolute Gasteiger partial charge is 0.471 e. The zero-order chi connectivity index (χ0) is 34.2. The van der Waals surface area contributed by atoms with E-state index < -0.39 is 0 Å². The Morgan fingerprint density at radius 2 is 0.846 bits per heavy atom. The van der Waals surface area contributed by atoms with Crippen LogP contribution in [0.4, 0.5) is 17.1 Å². The van der Waals surface area contributed by atoms with Gasteiger partial charge >= 0.3 is 0 Å². The van der Waals surface area contributed by atoms with Crippen molar-refractivity contribution in [3.63, 3.8) is 0 Å². The van der Waals surface area contributed by atoms with Crippen LogP contribution in [-0.4, -0.2) is 13.4 Å². The lowest BCUT2D eigenvalue weighted by molar-refractivity contribution is 0.647. The lowest BCUT2D eigenvalue weighted by atomic mass is 9.24. The van der Waals surface area contributed by atoms with Gasteiger partial charge in [0.2, 0.25) is 0 Å². The van der Waals surface area contributed by atoms with Crippen molar-refractivity contribution in [2.24, 2.45) is 0 Å². The number of hydrogen-bond acceptors (Lipinski definition) is 4. The van der Waals surface area contributed by atoms with Gasteiger partial charge in [-0.25, -0.2) is 0 Å². The molecule has 0 saturated heterocycles. The second kappa shape index (κ2) is 11.7. The smallest absolute Gasteiger partial charge is 0.290 e. The van der Waals surface area contributed by atoms with E-state index in [-0.39, 0.29) is 13.4 Å². The van der Waals surface area contributed by atoms with Crippen molar-refractivity contribution in [2.75, 3.05) is 4.90 Å². The van der Waals surface area contributed by atoms with E-state index in [0.29, 0.717) is 0 Å². The van der Waals surface area contributed by atoms with Crippen molar-refractivity contribution in [3.05, 3.63) is 176 Å². The van der Waals surface area contributed by atoms with Gasteiger partial charge in [-0.1, -0.05) is 126 Å². The zero-order valence-electron chi connectivity index (χ0n) is 28.1. The molecule has 10 aromatic rings. The summed E-state index contributed by atoms with van der Waals surface area (Å²) in [6, 6.07) is 62.7. The van der Waals surface area contributed by atoms with Gasteiger partial charge in [0, 0.05) is 48.0 Å². The molecule has 0 fully saturated rings. The maximum atomic E-state index is 6.99. The minimum atomic E-state index is -0.152. The van der Waals surface area contributed by atoms with Crippen LogP contribution in [0.3, 0.4) is 0 Å². The summed E-state index contributed by atoms with van der Waals surface area (Å²) in [5.41, 5.74) is 11.8. The van der Waals surface area contributed by atoms with E-state index in [9.17, 15) is 0 Å². The van der Waals surface area contributed by atoms with E-state index in [1.54, 1.807) is 0 Å². The molecule has 0 amide bonds. The number of nitrogens with zero attached hydrogens (tertiary/aromatic N) is 1. The second-order valence-electron chi connectivity index (χ2n) is 13.6. The monoisotopic (exact) mass is 681 g/mol. The molecule has 0 N–H and O–H groups in total. The molecule has 52 heavy (non-hydrogen) atoms. The highest BCUT2D eigenvalue weighted by Gasteiger charge is 2.46. The molecule has 0 bridgehead atoms. The average Bonchev–Trinajstić information content (AvgIpc) is 3.90. The minimum Gasteiger partial charge on any atom is -0.471 e. The summed E-state index contributed by atoms with van der Waals surface area (Å²) in [5.74, 6) is 0. The summed E-state index contributed by atoms with van der Waals surface area (Å²) in [4.78, 5) is 2.30. The van der Waals surface area contributed by atoms with Crippen molar-refractivity contribution < 1.29 is 8.83 Å². The highest BCUT2D eigenvalue weighted by Crippen LogP contribution is 2.35. The Morgan fingerprint density at radius 1 is 0.385 bits per heavy atom. The van der Waals surface area contributed by atoms with Crippen molar-refractivity contribution in [1.82, 2.24) is 0 Å². The number of fused-ring (bicyclic) bond motifs is 9. The predicted octanol–water partition coefficient (Wildman–Crippen LogP) is 8.36. The average molecular weight is 681 g/mol. The van der Waals surface area contributed by atoms with Crippen LogP contribution in [0.1, 0.15) is 0 Å². The number of benzene rings is 7. The van der Waals surface area contributed by atoms with Gasteiger partial charge < -0.3 is 13.7 Å². The summed E-state index contributed by atoms with van der Waals surface area (Å²) in [7, 11) is 0. The summed E-state index contributed by atoms with van der Waals surface area (Å²) >= 11 is 1.85. The van der Waals surface area contributed by atoms with E-state index in [2.05, 4.69) is 181 Å². The fourth-order valence-electron chi connectivity index (χ4n) is 8.43.